The number of ether oxygens (including phenoxy) is 1. The molecule has 3 unspecified atom stereocenters. The molecule has 0 saturated carbocycles. The van der Waals surface area contributed by atoms with Gasteiger partial charge in [0.15, 0.2) is 5.96 Å². The molecule has 4 heteroatoms. The van der Waals surface area contributed by atoms with E-state index in [1.807, 2.05) is 7.05 Å². The summed E-state index contributed by atoms with van der Waals surface area (Å²) in [7, 11) is 1.83. The highest BCUT2D eigenvalue weighted by Gasteiger charge is 2.40. The van der Waals surface area contributed by atoms with Crippen molar-refractivity contribution in [1.82, 2.24) is 10.6 Å². The van der Waals surface area contributed by atoms with Crippen LogP contribution in [0.5, 0.6) is 0 Å². The van der Waals surface area contributed by atoms with Crippen molar-refractivity contribution in [2.45, 2.75) is 57.8 Å². The van der Waals surface area contributed by atoms with Gasteiger partial charge in [-0.25, -0.2) is 0 Å². The predicted octanol–water partition coefficient (Wildman–Crippen LogP) is 1.52. The fraction of sp³-hybridized carbons (Fsp3) is 0.923. The van der Waals surface area contributed by atoms with Gasteiger partial charge in [0.1, 0.15) is 0 Å². The van der Waals surface area contributed by atoms with E-state index in [-0.39, 0.29) is 0 Å². The quantitative estimate of drug-likeness (QED) is 0.577. The normalized spacial score (nSPS) is 32.2. The van der Waals surface area contributed by atoms with Gasteiger partial charge in [-0.05, 0) is 31.6 Å². The van der Waals surface area contributed by atoms with Gasteiger partial charge in [-0.2, -0.15) is 0 Å². The number of guanidine groups is 1. The van der Waals surface area contributed by atoms with Crippen molar-refractivity contribution in [3.8, 4) is 0 Å². The lowest BCUT2D eigenvalue weighted by atomic mass is 9.96. The van der Waals surface area contributed by atoms with E-state index in [1.165, 1.54) is 19.3 Å². The monoisotopic (exact) mass is 239 g/mol. The Hall–Kier alpha value is -0.770. The molecule has 2 bridgehead atoms. The molecule has 2 heterocycles. The van der Waals surface area contributed by atoms with Crippen LogP contribution in [0.4, 0.5) is 0 Å². The van der Waals surface area contributed by atoms with E-state index >= 15 is 0 Å². The molecular formula is C13H25N3O. The van der Waals surface area contributed by atoms with Gasteiger partial charge in [0.05, 0.1) is 18.2 Å². The van der Waals surface area contributed by atoms with E-state index < -0.39 is 0 Å². The first-order chi connectivity index (χ1) is 8.19. The molecule has 98 valence electrons. The number of rotatable bonds is 4. The van der Waals surface area contributed by atoms with Crippen LogP contribution in [0, 0.1) is 5.92 Å². The number of nitrogens with one attached hydrogen (secondary N) is 2. The summed E-state index contributed by atoms with van der Waals surface area (Å²) in [6.07, 6.45) is 5.65. The number of nitrogens with zero attached hydrogens (tertiary/aromatic N) is 1. The summed E-state index contributed by atoms with van der Waals surface area (Å²) in [6, 6.07) is 0.457. The topological polar surface area (TPSA) is 45.7 Å². The van der Waals surface area contributed by atoms with Crippen LogP contribution in [0.15, 0.2) is 4.99 Å². The number of hydrogen-bond acceptors (Lipinski definition) is 2. The molecule has 2 rings (SSSR count). The van der Waals surface area contributed by atoms with Gasteiger partial charge in [0, 0.05) is 13.6 Å². The van der Waals surface area contributed by atoms with Crippen LogP contribution in [0.25, 0.3) is 0 Å². The van der Waals surface area contributed by atoms with Crippen molar-refractivity contribution in [2.75, 3.05) is 13.6 Å². The number of fused-ring (bicyclic) bond motifs is 2. The lowest BCUT2D eigenvalue weighted by Crippen LogP contribution is -2.47. The molecule has 3 atom stereocenters. The van der Waals surface area contributed by atoms with Crippen LogP contribution in [0.3, 0.4) is 0 Å². The van der Waals surface area contributed by atoms with Gasteiger partial charge < -0.3 is 15.4 Å². The van der Waals surface area contributed by atoms with Crippen LogP contribution in [0.1, 0.15) is 39.5 Å². The average molecular weight is 239 g/mol. The molecule has 4 nitrogen and oxygen atoms in total. The maximum atomic E-state index is 5.83. The Balaban J connectivity index is 1.72. The standard InChI is InChI=1S/C13H25N3O/c1-9(2)6-7-15-13(14-3)16-11-8-10-4-5-12(11)17-10/h9-12H,4-8H2,1-3H3,(H2,14,15,16). The van der Waals surface area contributed by atoms with Crippen molar-refractivity contribution in [3.63, 3.8) is 0 Å². The molecule has 0 radical (unpaired) electrons. The first-order valence-corrected chi connectivity index (χ1v) is 6.81. The van der Waals surface area contributed by atoms with Crippen LogP contribution >= 0.6 is 0 Å². The predicted molar refractivity (Wildman–Crippen MR) is 70.3 cm³/mol. The Bertz CT molecular complexity index is 278. The molecule has 0 aliphatic carbocycles. The Morgan fingerprint density at radius 1 is 1.41 bits per heavy atom. The van der Waals surface area contributed by atoms with E-state index in [9.17, 15) is 0 Å². The molecule has 2 N–H and O–H groups in total. The maximum Gasteiger partial charge on any atom is 0.191 e. The smallest absolute Gasteiger partial charge is 0.191 e. The first kappa shape index (κ1) is 12.7. The fourth-order valence-corrected chi connectivity index (χ4v) is 2.64. The summed E-state index contributed by atoms with van der Waals surface area (Å²) in [5.74, 6) is 1.65. The van der Waals surface area contributed by atoms with Crippen LogP contribution < -0.4 is 10.6 Å². The van der Waals surface area contributed by atoms with Crippen LogP contribution in [0.2, 0.25) is 0 Å². The Kier molecular flexibility index (Phi) is 4.26. The molecule has 0 amide bonds. The molecule has 2 fully saturated rings. The highest BCUT2D eigenvalue weighted by molar-refractivity contribution is 5.80. The summed E-state index contributed by atoms with van der Waals surface area (Å²) in [6.45, 7) is 5.46. The van der Waals surface area contributed by atoms with E-state index in [0.29, 0.717) is 18.2 Å². The fourth-order valence-electron chi connectivity index (χ4n) is 2.64. The van der Waals surface area contributed by atoms with E-state index in [0.717, 1.165) is 24.8 Å². The van der Waals surface area contributed by atoms with Gasteiger partial charge in [-0.3, -0.25) is 4.99 Å². The van der Waals surface area contributed by atoms with Gasteiger partial charge in [-0.1, -0.05) is 13.8 Å². The summed E-state index contributed by atoms with van der Waals surface area (Å²) in [5.41, 5.74) is 0. The Morgan fingerprint density at radius 2 is 2.24 bits per heavy atom. The zero-order chi connectivity index (χ0) is 12.3. The van der Waals surface area contributed by atoms with E-state index in [1.54, 1.807) is 0 Å². The second-order valence-electron chi connectivity index (χ2n) is 5.54. The third-order valence-electron chi connectivity index (χ3n) is 3.67. The van der Waals surface area contributed by atoms with E-state index in [4.69, 9.17) is 4.74 Å². The zero-order valence-corrected chi connectivity index (χ0v) is 11.2. The zero-order valence-electron chi connectivity index (χ0n) is 11.2. The highest BCUT2D eigenvalue weighted by atomic mass is 16.5. The van der Waals surface area contributed by atoms with Gasteiger partial charge in [0.2, 0.25) is 0 Å². The van der Waals surface area contributed by atoms with Gasteiger partial charge in [-0.15, -0.1) is 0 Å². The maximum absolute atomic E-state index is 5.83. The lowest BCUT2D eigenvalue weighted by Gasteiger charge is -2.22. The number of aliphatic imine (C=N–C) groups is 1. The lowest BCUT2D eigenvalue weighted by molar-refractivity contribution is 0.0992. The van der Waals surface area contributed by atoms with Crippen molar-refractivity contribution in [3.05, 3.63) is 0 Å². The summed E-state index contributed by atoms with van der Waals surface area (Å²) in [5, 5.41) is 6.86. The summed E-state index contributed by atoms with van der Waals surface area (Å²) < 4.78 is 5.83. The second kappa shape index (κ2) is 5.71. The van der Waals surface area contributed by atoms with Crippen molar-refractivity contribution < 1.29 is 4.74 Å². The largest absolute Gasteiger partial charge is 0.373 e. The minimum Gasteiger partial charge on any atom is -0.373 e. The summed E-state index contributed by atoms with van der Waals surface area (Å²) in [4.78, 5) is 4.27. The molecular weight excluding hydrogens is 214 g/mol. The third kappa shape index (κ3) is 3.35. The molecule has 0 spiro atoms. The first-order valence-electron chi connectivity index (χ1n) is 6.81. The van der Waals surface area contributed by atoms with Gasteiger partial charge in [0.25, 0.3) is 0 Å². The second-order valence-corrected chi connectivity index (χ2v) is 5.54. The van der Waals surface area contributed by atoms with Crippen molar-refractivity contribution in [2.24, 2.45) is 10.9 Å². The molecule has 2 saturated heterocycles. The van der Waals surface area contributed by atoms with Crippen LogP contribution in [-0.4, -0.2) is 37.8 Å². The minimum atomic E-state index is 0.406. The highest BCUT2D eigenvalue weighted by Crippen LogP contribution is 2.34. The molecule has 2 aliphatic heterocycles. The Morgan fingerprint density at radius 3 is 2.76 bits per heavy atom. The molecule has 0 aromatic heterocycles. The molecule has 2 aliphatic rings. The van der Waals surface area contributed by atoms with E-state index in [2.05, 4.69) is 29.5 Å². The van der Waals surface area contributed by atoms with Gasteiger partial charge >= 0.3 is 0 Å². The third-order valence-corrected chi connectivity index (χ3v) is 3.67. The molecule has 0 aromatic rings. The van der Waals surface area contributed by atoms with Crippen LogP contribution in [-0.2, 0) is 4.74 Å². The SMILES string of the molecule is CN=C(NCCC(C)C)NC1CC2CCC1O2. The minimum absolute atomic E-state index is 0.406. The van der Waals surface area contributed by atoms with Crippen molar-refractivity contribution >= 4 is 5.96 Å². The number of hydrogen-bond donors (Lipinski definition) is 2. The van der Waals surface area contributed by atoms with Crippen molar-refractivity contribution in [1.29, 1.82) is 0 Å². The molecule has 17 heavy (non-hydrogen) atoms. The summed E-state index contributed by atoms with van der Waals surface area (Å²) >= 11 is 0. The molecule has 0 aromatic carbocycles. The average Bonchev–Trinajstić information content (AvgIpc) is 2.89. The Labute approximate surface area is 104 Å².